The van der Waals surface area contributed by atoms with Gasteiger partial charge in [0.05, 0.1) is 6.61 Å². The highest BCUT2D eigenvalue weighted by atomic mass is 127. The van der Waals surface area contributed by atoms with Gasteiger partial charge in [-0.25, -0.2) is 4.39 Å². The SMILES string of the molecule is CCOc1cc2c(cc1CNC(=NC)NCc1ccc(O)c(F)c1)OC(C)C2.I. The Morgan fingerprint density at radius 1 is 1.28 bits per heavy atom. The van der Waals surface area contributed by atoms with Crippen molar-refractivity contribution in [1.29, 1.82) is 0 Å². The number of phenolic OH excluding ortho intramolecular Hbond substituents is 1. The highest BCUT2D eigenvalue weighted by molar-refractivity contribution is 14.0. The Morgan fingerprint density at radius 2 is 2.03 bits per heavy atom. The molecule has 0 radical (unpaired) electrons. The van der Waals surface area contributed by atoms with Crippen LogP contribution in [0.2, 0.25) is 0 Å². The minimum atomic E-state index is -0.643. The van der Waals surface area contributed by atoms with Crippen molar-refractivity contribution in [2.24, 2.45) is 4.99 Å². The van der Waals surface area contributed by atoms with E-state index in [9.17, 15) is 9.50 Å². The molecule has 0 aliphatic carbocycles. The fourth-order valence-corrected chi connectivity index (χ4v) is 3.16. The second kappa shape index (κ2) is 10.5. The van der Waals surface area contributed by atoms with E-state index in [0.717, 1.165) is 29.0 Å². The van der Waals surface area contributed by atoms with E-state index in [4.69, 9.17) is 9.47 Å². The number of guanidine groups is 1. The van der Waals surface area contributed by atoms with Gasteiger partial charge in [-0.3, -0.25) is 4.99 Å². The van der Waals surface area contributed by atoms with Gasteiger partial charge in [0.15, 0.2) is 17.5 Å². The van der Waals surface area contributed by atoms with E-state index in [0.29, 0.717) is 31.2 Å². The van der Waals surface area contributed by atoms with Gasteiger partial charge in [0.1, 0.15) is 17.6 Å². The molecule has 2 aromatic carbocycles. The number of nitrogens with one attached hydrogen (secondary N) is 2. The lowest BCUT2D eigenvalue weighted by Crippen LogP contribution is -2.36. The Kier molecular flexibility index (Phi) is 8.36. The molecule has 1 atom stereocenters. The third kappa shape index (κ3) is 5.88. The third-order valence-corrected chi connectivity index (χ3v) is 4.52. The first-order valence-corrected chi connectivity index (χ1v) is 9.37. The molecule has 0 amide bonds. The van der Waals surface area contributed by atoms with E-state index in [1.54, 1.807) is 13.1 Å². The summed E-state index contributed by atoms with van der Waals surface area (Å²) in [6.07, 6.45) is 1.06. The number of hydrogen-bond acceptors (Lipinski definition) is 4. The van der Waals surface area contributed by atoms with Crippen molar-refractivity contribution in [1.82, 2.24) is 10.6 Å². The second-order valence-electron chi connectivity index (χ2n) is 6.70. The molecule has 1 aliphatic heterocycles. The molecule has 158 valence electrons. The van der Waals surface area contributed by atoms with E-state index < -0.39 is 5.82 Å². The van der Waals surface area contributed by atoms with Crippen LogP contribution in [0.5, 0.6) is 17.2 Å². The topological polar surface area (TPSA) is 75.1 Å². The van der Waals surface area contributed by atoms with E-state index in [1.807, 2.05) is 13.0 Å². The molecule has 3 N–H and O–H groups in total. The first-order valence-electron chi connectivity index (χ1n) is 9.37. The smallest absolute Gasteiger partial charge is 0.191 e. The fourth-order valence-electron chi connectivity index (χ4n) is 3.16. The van der Waals surface area contributed by atoms with Gasteiger partial charge in [-0.05, 0) is 43.7 Å². The van der Waals surface area contributed by atoms with Crippen LogP contribution in [0, 0.1) is 5.82 Å². The number of ether oxygens (including phenoxy) is 2. The van der Waals surface area contributed by atoms with Crippen molar-refractivity contribution >= 4 is 29.9 Å². The van der Waals surface area contributed by atoms with E-state index >= 15 is 0 Å². The molecule has 0 saturated heterocycles. The molecule has 2 aromatic rings. The summed E-state index contributed by atoms with van der Waals surface area (Å²) >= 11 is 0. The lowest BCUT2D eigenvalue weighted by molar-refractivity contribution is 0.254. The molecule has 6 nitrogen and oxygen atoms in total. The molecule has 1 heterocycles. The number of aliphatic imine (C=N–C) groups is 1. The third-order valence-electron chi connectivity index (χ3n) is 4.52. The molecule has 0 spiro atoms. The maximum atomic E-state index is 13.5. The summed E-state index contributed by atoms with van der Waals surface area (Å²) < 4.78 is 25.1. The van der Waals surface area contributed by atoms with Crippen LogP contribution in [0.15, 0.2) is 35.3 Å². The molecule has 29 heavy (non-hydrogen) atoms. The average molecular weight is 515 g/mol. The van der Waals surface area contributed by atoms with Crippen molar-refractivity contribution in [2.75, 3.05) is 13.7 Å². The predicted octanol–water partition coefficient (Wildman–Crippen LogP) is 3.74. The first-order chi connectivity index (χ1) is 13.5. The predicted molar refractivity (Wildman–Crippen MR) is 122 cm³/mol. The van der Waals surface area contributed by atoms with Crippen LogP contribution < -0.4 is 20.1 Å². The van der Waals surface area contributed by atoms with Gasteiger partial charge in [-0.1, -0.05) is 6.07 Å². The van der Waals surface area contributed by atoms with Crippen molar-refractivity contribution in [2.45, 2.75) is 39.5 Å². The van der Waals surface area contributed by atoms with Crippen LogP contribution in [0.4, 0.5) is 4.39 Å². The van der Waals surface area contributed by atoms with E-state index in [-0.39, 0.29) is 35.8 Å². The highest BCUT2D eigenvalue weighted by Crippen LogP contribution is 2.35. The molecule has 0 bridgehead atoms. The molecular formula is C21H27FIN3O3. The summed E-state index contributed by atoms with van der Waals surface area (Å²) in [4.78, 5) is 4.20. The molecule has 1 aliphatic rings. The minimum absolute atomic E-state index is 0. The zero-order chi connectivity index (χ0) is 20.1. The Bertz CT molecular complexity index is 876. The van der Waals surface area contributed by atoms with Gasteiger partial charge in [0.25, 0.3) is 0 Å². The van der Waals surface area contributed by atoms with Crippen LogP contribution in [0.1, 0.15) is 30.5 Å². The van der Waals surface area contributed by atoms with Gasteiger partial charge in [0.2, 0.25) is 0 Å². The monoisotopic (exact) mass is 515 g/mol. The van der Waals surface area contributed by atoms with Crippen LogP contribution in [0.25, 0.3) is 0 Å². The number of rotatable bonds is 6. The lowest BCUT2D eigenvalue weighted by Gasteiger charge is -2.16. The van der Waals surface area contributed by atoms with Crippen LogP contribution in [-0.2, 0) is 19.5 Å². The van der Waals surface area contributed by atoms with Gasteiger partial charge in [-0.2, -0.15) is 0 Å². The minimum Gasteiger partial charge on any atom is -0.505 e. The highest BCUT2D eigenvalue weighted by Gasteiger charge is 2.21. The summed E-state index contributed by atoms with van der Waals surface area (Å²) in [5.41, 5.74) is 2.85. The zero-order valence-corrected chi connectivity index (χ0v) is 19.1. The number of benzene rings is 2. The second-order valence-corrected chi connectivity index (χ2v) is 6.70. The number of hydrogen-bond donors (Lipinski definition) is 3. The maximum Gasteiger partial charge on any atom is 0.191 e. The van der Waals surface area contributed by atoms with Gasteiger partial charge < -0.3 is 25.2 Å². The number of aromatic hydroxyl groups is 1. The summed E-state index contributed by atoms with van der Waals surface area (Å²) in [6, 6.07) is 8.35. The van der Waals surface area contributed by atoms with Crippen LogP contribution >= 0.6 is 24.0 Å². The summed E-state index contributed by atoms with van der Waals surface area (Å²) in [5.74, 6) is 1.31. The number of fused-ring (bicyclic) bond motifs is 1. The number of nitrogens with zero attached hydrogens (tertiary/aromatic N) is 1. The molecule has 3 rings (SSSR count). The summed E-state index contributed by atoms with van der Waals surface area (Å²) in [7, 11) is 1.67. The number of halogens is 2. The van der Waals surface area contributed by atoms with Crippen molar-refractivity contribution in [3.63, 3.8) is 0 Å². The van der Waals surface area contributed by atoms with Gasteiger partial charge in [-0.15, -0.1) is 24.0 Å². The van der Waals surface area contributed by atoms with Gasteiger partial charge in [0, 0.05) is 37.7 Å². The summed E-state index contributed by atoms with van der Waals surface area (Å²) in [5, 5.41) is 15.7. The largest absolute Gasteiger partial charge is 0.505 e. The molecule has 0 saturated carbocycles. The molecule has 0 fully saturated rings. The van der Waals surface area contributed by atoms with Crippen molar-refractivity contribution < 1.29 is 19.0 Å². The standard InChI is InChI=1S/C21H26FN3O3.HI/c1-4-27-19-9-15-7-13(2)28-20(15)10-16(19)12-25-21(23-3)24-11-14-5-6-18(26)17(22)8-14;/h5-6,8-10,13,26H,4,7,11-12H2,1-3H3,(H2,23,24,25);1H. The zero-order valence-electron chi connectivity index (χ0n) is 16.8. The molecule has 0 aromatic heterocycles. The average Bonchev–Trinajstić information content (AvgIpc) is 3.03. The summed E-state index contributed by atoms with van der Waals surface area (Å²) in [6.45, 7) is 5.47. The molecular weight excluding hydrogens is 488 g/mol. The van der Waals surface area contributed by atoms with E-state index in [2.05, 4.69) is 28.6 Å². The van der Waals surface area contributed by atoms with Gasteiger partial charge >= 0.3 is 0 Å². The Balaban J connectivity index is 0.00000300. The maximum absolute atomic E-state index is 13.5. The normalized spacial score (nSPS) is 15.2. The molecule has 8 heteroatoms. The van der Waals surface area contributed by atoms with Crippen molar-refractivity contribution in [3.8, 4) is 17.2 Å². The fraction of sp³-hybridized carbons (Fsp3) is 0.381. The molecule has 1 unspecified atom stereocenters. The van der Waals surface area contributed by atoms with Crippen molar-refractivity contribution in [3.05, 3.63) is 52.8 Å². The quantitative estimate of drug-likeness (QED) is 0.311. The van der Waals surface area contributed by atoms with E-state index in [1.165, 1.54) is 12.1 Å². The first kappa shape index (κ1) is 23.1. The Hall–Kier alpha value is -2.23. The Morgan fingerprint density at radius 3 is 2.72 bits per heavy atom. The number of phenols is 1. The van der Waals surface area contributed by atoms with Crippen LogP contribution in [-0.4, -0.2) is 30.8 Å². The lowest BCUT2D eigenvalue weighted by atomic mass is 10.1. The van der Waals surface area contributed by atoms with Crippen LogP contribution in [0.3, 0.4) is 0 Å². The Labute approximate surface area is 187 Å².